The van der Waals surface area contributed by atoms with Gasteiger partial charge in [-0.25, -0.2) is 0 Å². The van der Waals surface area contributed by atoms with Crippen LogP contribution in [0.1, 0.15) is 56.3 Å². The van der Waals surface area contributed by atoms with E-state index in [2.05, 4.69) is 20.0 Å². The highest BCUT2D eigenvalue weighted by Crippen LogP contribution is 2.31. The van der Waals surface area contributed by atoms with Gasteiger partial charge in [0.15, 0.2) is 11.8 Å². The lowest BCUT2D eigenvalue weighted by atomic mass is 10.2. The number of nitrogens with zero attached hydrogens (tertiary/aromatic N) is 4. The van der Waals surface area contributed by atoms with Crippen molar-refractivity contribution in [2.24, 2.45) is 10.7 Å². The van der Waals surface area contributed by atoms with Crippen LogP contribution in [-0.4, -0.2) is 46.7 Å². The second-order valence-electron chi connectivity index (χ2n) is 6.10. The van der Waals surface area contributed by atoms with E-state index >= 15 is 0 Å². The van der Waals surface area contributed by atoms with E-state index in [1.165, 1.54) is 25.7 Å². The molecule has 7 nitrogen and oxygen atoms in total. The van der Waals surface area contributed by atoms with Gasteiger partial charge in [-0.2, -0.15) is 4.98 Å². The van der Waals surface area contributed by atoms with Crippen molar-refractivity contribution in [1.82, 2.24) is 15.0 Å². The van der Waals surface area contributed by atoms with Crippen LogP contribution < -0.4 is 5.73 Å². The Kier molecular flexibility index (Phi) is 7.07. The first-order valence-electron chi connectivity index (χ1n) is 8.23. The minimum Gasteiger partial charge on any atom is -0.370 e. The molecule has 0 amide bonds. The maximum Gasteiger partial charge on any atom is 0.255 e. The van der Waals surface area contributed by atoms with Gasteiger partial charge in [0.25, 0.3) is 5.89 Å². The highest BCUT2D eigenvalue weighted by Gasteiger charge is 2.30. The zero-order valence-corrected chi connectivity index (χ0v) is 15.9. The summed E-state index contributed by atoms with van der Waals surface area (Å²) in [4.78, 5) is 11.0. The molecule has 0 spiro atoms. The highest BCUT2D eigenvalue weighted by molar-refractivity contribution is 14.0. The summed E-state index contributed by atoms with van der Waals surface area (Å²) in [6.07, 6.45) is 6.82. The summed E-state index contributed by atoms with van der Waals surface area (Å²) in [5.74, 6) is 1.87. The zero-order valence-electron chi connectivity index (χ0n) is 13.6. The fourth-order valence-corrected chi connectivity index (χ4v) is 3.06. The molecule has 3 heterocycles. The third-order valence-corrected chi connectivity index (χ3v) is 4.31. The summed E-state index contributed by atoms with van der Waals surface area (Å²) in [5.41, 5.74) is 6.12. The van der Waals surface area contributed by atoms with E-state index in [1.54, 1.807) is 0 Å². The largest absolute Gasteiger partial charge is 0.370 e. The molecule has 2 saturated heterocycles. The molecule has 3 rings (SSSR count). The highest BCUT2D eigenvalue weighted by atomic mass is 127. The van der Waals surface area contributed by atoms with Gasteiger partial charge >= 0.3 is 0 Å². The molecule has 1 aromatic rings. The number of nitrogens with two attached hydrogens (primary N) is 1. The number of guanidine groups is 1. The van der Waals surface area contributed by atoms with Gasteiger partial charge < -0.3 is 19.9 Å². The number of hydrogen-bond acceptors (Lipinski definition) is 5. The molecule has 0 radical (unpaired) electrons. The van der Waals surface area contributed by atoms with Crippen LogP contribution in [0.25, 0.3) is 0 Å². The summed E-state index contributed by atoms with van der Waals surface area (Å²) < 4.78 is 11.1. The molecule has 2 atom stereocenters. The van der Waals surface area contributed by atoms with Crippen molar-refractivity contribution in [3.05, 3.63) is 11.7 Å². The maximum atomic E-state index is 6.12. The van der Waals surface area contributed by atoms with Crippen LogP contribution in [0.2, 0.25) is 0 Å². The van der Waals surface area contributed by atoms with Crippen LogP contribution in [0, 0.1) is 6.92 Å². The molecule has 2 aliphatic heterocycles. The van der Waals surface area contributed by atoms with Gasteiger partial charge in [-0.15, -0.1) is 24.0 Å². The van der Waals surface area contributed by atoms with E-state index in [1.807, 2.05) is 6.92 Å². The van der Waals surface area contributed by atoms with Crippen molar-refractivity contribution in [2.75, 3.05) is 19.6 Å². The molecule has 130 valence electrons. The molecule has 0 unspecified atom stereocenters. The molecule has 0 aliphatic carbocycles. The van der Waals surface area contributed by atoms with Gasteiger partial charge in [0.1, 0.15) is 6.10 Å². The third-order valence-electron chi connectivity index (χ3n) is 4.31. The molecule has 0 aromatic carbocycles. The van der Waals surface area contributed by atoms with E-state index in [0.717, 1.165) is 25.9 Å². The number of likely N-dealkylation sites (tertiary alicyclic amines) is 1. The van der Waals surface area contributed by atoms with E-state index < -0.39 is 0 Å². The second-order valence-corrected chi connectivity index (χ2v) is 6.10. The van der Waals surface area contributed by atoms with Gasteiger partial charge in [-0.05, 0) is 32.6 Å². The molecular formula is C15H26IN5O2. The molecule has 1 aromatic heterocycles. The topological polar surface area (TPSA) is 89.8 Å². The molecule has 0 bridgehead atoms. The molecule has 23 heavy (non-hydrogen) atoms. The average Bonchev–Trinajstić information content (AvgIpc) is 3.06. The number of halogens is 1. The van der Waals surface area contributed by atoms with Crippen molar-refractivity contribution in [3.8, 4) is 0 Å². The Hall–Kier alpha value is -0.900. The smallest absolute Gasteiger partial charge is 0.255 e. The third kappa shape index (κ3) is 5.03. The Balaban J connectivity index is 0.00000192. The van der Waals surface area contributed by atoms with Crippen molar-refractivity contribution < 1.29 is 9.26 Å². The van der Waals surface area contributed by atoms with Gasteiger partial charge in [0.2, 0.25) is 0 Å². The Bertz CT molecular complexity index is 514. The van der Waals surface area contributed by atoms with E-state index in [4.69, 9.17) is 15.0 Å². The monoisotopic (exact) mass is 435 g/mol. The number of rotatable bonds is 3. The number of aliphatic imine (C=N–C) groups is 1. The SMILES string of the molecule is Cc1noc([C@@H]2CC[C@H](CN=C(N)N3CCCCCC3)O2)n1.I. The molecule has 0 saturated carbocycles. The van der Waals surface area contributed by atoms with Crippen LogP contribution in [0.4, 0.5) is 0 Å². The van der Waals surface area contributed by atoms with Gasteiger partial charge in [-0.3, -0.25) is 4.99 Å². The van der Waals surface area contributed by atoms with E-state index in [9.17, 15) is 0 Å². The number of hydrogen-bond donors (Lipinski definition) is 1. The van der Waals surface area contributed by atoms with Crippen LogP contribution in [-0.2, 0) is 4.74 Å². The van der Waals surface area contributed by atoms with Gasteiger partial charge in [0.05, 0.1) is 12.6 Å². The minimum atomic E-state index is -0.0965. The first-order chi connectivity index (χ1) is 10.7. The summed E-state index contributed by atoms with van der Waals surface area (Å²) in [5, 5.41) is 3.81. The van der Waals surface area contributed by atoms with Crippen molar-refractivity contribution in [3.63, 3.8) is 0 Å². The van der Waals surface area contributed by atoms with Crippen LogP contribution in [0.5, 0.6) is 0 Å². The molecule has 2 N–H and O–H groups in total. The molecule has 2 fully saturated rings. The predicted octanol–water partition coefficient (Wildman–Crippen LogP) is 2.41. The summed E-state index contributed by atoms with van der Waals surface area (Å²) in [6, 6.07) is 0. The standard InChI is InChI=1S/C15H25N5O2.HI/c1-11-18-14(22-19-11)13-7-6-12(21-13)10-17-15(16)20-8-4-2-3-5-9-20;/h12-13H,2-10H2,1H3,(H2,16,17);1H/t12-,13+;/m1./s1. The lowest BCUT2D eigenvalue weighted by molar-refractivity contribution is 0.0308. The Morgan fingerprint density at radius 2 is 2.00 bits per heavy atom. The van der Waals surface area contributed by atoms with E-state index in [0.29, 0.717) is 24.2 Å². The summed E-state index contributed by atoms with van der Waals surface area (Å²) in [7, 11) is 0. The quantitative estimate of drug-likeness (QED) is 0.446. The lowest BCUT2D eigenvalue weighted by Crippen LogP contribution is -2.38. The van der Waals surface area contributed by atoms with Crippen LogP contribution >= 0.6 is 24.0 Å². The van der Waals surface area contributed by atoms with Crippen molar-refractivity contribution >= 4 is 29.9 Å². The van der Waals surface area contributed by atoms with Crippen molar-refractivity contribution in [2.45, 2.75) is 57.7 Å². The first-order valence-corrected chi connectivity index (χ1v) is 8.23. The van der Waals surface area contributed by atoms with Gasteiger partial charge in [-0.1, -0.05) is 18.0 Å². The number of aromatic nitrogens is 2. The predicted molar refractivity (Wildman–Crippen MR) is 97.8 cm³/mol. The molecule has 8 heteroatoms. The Morgan fingerprint density at radius 3 is 2.65 bits per heavy atom. The fourth-order valence-electron chi connectivity index (χ4n) is 3.06. The Labute approximate surface area is 154 Å². The maximum absolute atomic E-state index is 6.12. The fraction of sp³-hybridized carbons (Fsp3) is 0.800. The lowest BCUT2D eigenvalue weighted by Gasteiger charge is -2.21. The van der Waals surface area contributed by atoms with Crippen LogP contribution in [0.15, 0.2) is 9.52 Å². The van der Waals surface area contributed by atoms with E-state index in [-0.39, 0.29) is 36.2 Å². The molecular weight excluding hydrogens is 409 g/mol. The first kappa shape index (κ1) is 18.4. The number of aryl methyl sites for hydroxylation is 1. The zero-order chi connectivity index (χ0) is 15.4. The summed E-state index contributed by atoms with van der Waals surface area (Å²) in [6.45, 7) is 4.45. The molecule has 2 aliphatic rings. The van der Waals surface area contributed by atoms with Crippen molar-refractivity contribution in [1.29, 1.82) is 0 Å². The van der Waals surface area contributed by atoms with Crippen LogP contribution in [0.3, 0.4) is 0 Å². The minimum absolute atomic E-state index is 0. The Morgan fingerprint density at radius 1 is 1.26 bits per heavy atom. The number of ether oxygens (including phenoxy) is 1. The normalized spacial score (nSPS) is 26.0. The van der Waals surface area contributed by atoms with Gasteiger partial charge in [0, 0.05) is 13.1 Å². The average molecular weight is 435 g/mol. The summed E-state index contributed by atoms with van der Waals surface area (Å²) >= 11 is 0. The second kappa shape index (κ2) is 8.81.